The molecular weight excluding hydrogens is 358 g/mol. The average molecular weight is 374 g/mol. The highest BCUT2D eigenvalue weighted by Gasteiger charge is 2.16. The topological polar surface area (TPSA) is 85.7 Å². The molecule has 0 saturated heterocycles. The van der Waals surface area contributed by atoms with Gasteiger partial charge in [0.15, 0.2) is 5.16 Å². The molecule has 0 fully saturated rings. The number of nitrogens with one attached hydrogen (secondary N) is 1. The Labute approximate surface area is 134 Å². The van der Waals surface area contributed by atoms with E-state index < -0.39 is 0 Å². The minimum atomic E-state index is -0.211. The predicted molar refractivity (Wildman–Crippen MR) is 83.3 cm³/mol. The largest absolute Gasteiger partial charge is 0.385 e. The van der Waals surface area contributed by atoms with Crippen molar-refractivity contribution in [2.24, 2.45) is 0 Å². The number of aromatic amines is 1. The van der Waals surface area contributed by atoms with E-state index in [1.807, 2.05) is 6.92 Å². The second kappa shape index (κ2) is 7.71. The predicted octanol–water partition coefficient (Wildman–Crippen LogP) is 2.01. The molecule has 0 amide bonds. The number of rotatable bonds is 7. The van der Waals surface area contributed by atoms with Crippen LogP contribution in [-0.4, -0.2) is 38.4 Å². The Balaban J connectivity index is 2.08. The van der Waals surface area contributed by atoms with Crippen molar-refractivity contribution in [3.8, 4) is 0 Å². The highest BCUT2D eigenvalue weighted by Crippen LogP contribution is 2.31. The van der Waals surface area contributed by atoms with Crippen molar-refractivity contribution in [1.82, 2.24) is 24.7 Å². The maximum Gasteiger partial charge on any atom is 0.343 e. The number of thioether (sulfide) groups is 1. The summed E-state index contributed by atoms with van der Waals surface area (Å²) in [5.74, 6) is 0.696. The smallest absolute Gasteiger partial charge is 0.343 e. The van der Waals surface area contributed by atoms with Crippen LogP contribution in [0.4, 0.5) is 0 Å². The van der Waals surface area contributed by atoms with Crippen LogP contribution in [0.2, 0.25) is 0 Å². The van der Waals surface area contributed by atoms with Crippen LogP contribution >= 0.6 is 27.7 Å². The number of aromatic nitrogens is 5. The van der Waals surface area contributed by atoms with Crippen LogP contribution in [-0.2, 0) is 11.3 Å². The fraction of sp³-hybridized carbons (Fsp3) is 0.500. The van der Waals surface area contributed by atoms with Gasteiger partial charge in [-0.2, -0.15) is 0 Å². The molecule has 0 bridgehead atoms. The number of ether oxygens (including phenoxy) is 1. The number of hydrogen-bond acceptors (Lipinski definition) is 6. The van der Waals surface area contributed by atoms with E-state index in [-0.39, 0.29) is 10.9 Å². The lowest BCUT2D eigenvalue weighted by Crippen LogP contribution is -2.18. The number of hydrogen-bond donors (Lipinski definition) is 1. The van der Waals surface area contributed by atoms with E-state index >= 15 is 0 Å². The Hall–Kier alpha value is -1.19. The molecule has 0 radical (unpaired) electrons. The first-order valence-electron chi connectivity index (χ1n) is 6.40. The van der Waals surface area contributed by atoms with Crippen LogP contribution in [0.15, 0.2) is 26.8 Å². The minimum absolute atomic E-state index is 0.00512. The molecular formula is C12H16BrN5O2S. The molecule has 9 heteroatoms. The standard InChI is InChI=1S/C12H16BrN5O2S/c1-8(10-14-6-9(13)7-15-10)21-12-17-16-11(19)18(12)4-3-5-20-2/h6-8H,3-5H2,1-2H3,(H,16,19)/t8-/m0/s1. The summed E-state index contributed by atoms with van der Waals surface area (Å²) < 4.78 is 7.45. The number of H-pyrrole nitrogens is 1. The van der Waals surface area contributed by atoms with Crippen LogP contribution in [0.25, 0.3) is 0 Å². The summed E-state index contributed by atoms with van der Waals surface area (Å²) in [6, 6.07) is 0. The molecule has 0 unspecified atom stereocenters. The van der Waals surface area contributed by atoms with Gasteiger partial charge in [0.1, 0.15) is 5.82 Å². The maximum atomic E-state index is 11.8. The van der Waals surface area contributed by atoms with Gasteiger partial charge in [-0.25, -0.2) is 19.9 Å². The van der Waals surface area contributed by atoms with Crippen LogP contribution in [0.1, 0.15) is 24.4 Å². The zero-order chi connectivity index (χ0) is 15.2. The molecule has 114 valence electrons. The van der Waals surface area contributed by atoms with E-state index in [4.69, 9.17) is 4.74 Å². The van der Waals surface area contributed by atoms with Gasteiger partial charge in [-0.15, -0.1) is 5.10 Å². The molecule has 2 heterocycles. The summed E-state index contributed by atoms with van der Waals surface area (Å²) >= 11 is 4.75. The van der Waals surface area contributed by atoms with E-state index in [0.29, 0.717) is 24.1 Å². The van der Waals surface area contributed by atoms with Crippen molar-refractivity contribution < 1.29 is 4.74 Å². The molecule has 21 heavy (non-hydrogen) atoms. The minimum Gasteiger partial charge on any atom is -0.385 e. The highest BCUT2D eigenvalue weighted by molar-refractivity contribution is 9.10. The van der Waals surface area contributed by atoms with Crippen molar-refractivity contribution in [2.75, 3.05) is 13.7 Å². The SMILES string of the molecule is COCCCn1c(S[C@@H](C)c2ncc(Br)cn2)n[nH]c1=O. The zero-order valence-electron chi connectivity index (χ0n) is 11.7. The van der Waals surface area contributed by atoms with Gasteiger partial charge >= 0.3 is 5.69 Å². The maximum absolute atomic E-state index is 11.8. The Morgan fingerprint density at radius 3 is 2.86 bits per heavy atom. The molecule has 0 aliphatic heterocycles. The summed E-state index contributed by atoms with van der Waals surface area (Å²) in [4.78, 5) is 20.3. The van der Waals surface area contributed by atoms with Crippen molar-refractivity contribution in [1.29, 1.82) is 0 Å². The number of halogens is 1. The van der Waals surface area contributed by atoms with Gasteiger partial charge in [0, 0.05) is 32.7 Å². The lowest BCUT2D eigenvalue weighted by Gasteiger charge is -2.10. The van der Waals surface area contributed by atoms with Crippen molar-refractivity contribution >= 4 is 27.7 Å². The lowest BCUT2D eigenvalue weighted by molar-refractivity contribution is 0.189. The number of methoxy groups -OCH3 is 1. The zero-order valence-corrected chi connectivity index (χ0v) is 14.1. The average Bonchev–Trinajstić information content (AvgIpc) is 2.81. The molecule has 0 aliphatic carbocycles. The van der Waals surface area contributed by atoms with E-state index in [1.165, 1.54) is 11.8 Å². The molecule has 1 N–H and O–H groups in total. The summed E-state index contributed by atoms with van der Waals surface area (Å²) in [6.45, 7) is 3.15. The molecule has 0 aromatic carbocycles. The van der Waals surface area contributed by atoms with Gasteiger partial charge in [0.2, 0.25) is 0 Å². The van der Waals surface area contributed by atoms with Crippen molar-refractivity contribution in [3.63, 3.8) is 0 Å². The van der Waals surface area contributed by atoms with E-state index in [2.05, 4.69) is 36.1 Å². The Morgan fingerprint density at radius 2 is 2.19 bits per heavy atom. The Kier molecular flexibility index (Phi) is 5.95. The van der Waals surface area contributed by atoms with Crippen LogP contribution in [0, 0.1) is 0 Å². The van der Waals surface area contributed by atoms with Crippen LogP contribution in [0.5, 0.6) is 0 Å². The third-order valence-corrected chi connectivity index (χ3v) is 4.24. The Morgan fingerprint density at radius 1 is 1.48 bits per heavy atom. The summed E-state index contributed by atoms with van der Waals surface area (Å²) in [5, 5.41) is 7.17. The molecule has 2 aromatic heterocycles. The third kappa shape index (κ3) is 4.39. The van der Waals surface area contributed by atoms with E-state index in [1.54, 1.807) is 24.1 Å². The molecule has 0 saturated carbocycles. The monoisotopic (exact) mass is 373 g/mol. The van der Waals surface area contributed by atoms with E-state index in [9.17, 15) is 4.79 Å². The van der Waals surface area contributed by atoms with Crippen LogP contribution in [0.3, 0.4) is 0 Å². The van der Waals surface area contributed by atoms with Crippen molar-refractivity contribution in [2.45, 2.75) is 30.3 Å². The van der Waals surface area contributed by atoms with Gasteiger partial charge in [-0.05, 0) is 29.3 Å². The van der Waals surface area contributed by atoms with Gasteiger partial charge in [-0.3, -0.25) is 4.57 Å². The number of nitrogens with zero attached hydrogens (tertiary/aromatic N) is 4. The first-order valence-corrected chi connectivity index (χ1v) is 8.07. The quantitative estimate of drug-likeness (QED) is 0.590. The molecule has 2 aromatic rings. The fourth-order valence-corrected chi connectivity index (χ4v) is 2.85. The molecule has 0 spiro atoms. The van der Waals surface area contributed by atoms with Gasteiger partial charge in [0.05, 0.1) is 9.72 Å². The molecule has 2 rings (SSSR count). The first-order chi connectivity index (χ1) is 10.1. The van der Waals surface area contributed by atoms with Gasteiger partial charge in [0.25, 0.3) is 0 Å². The summed E-state index contributed by atoms with van der Waals surface area (Å²) in [5.41, 5.74) is -0.211. The van der Waals surface area contributed by atoms with Crippen molar-refractivity contribution in [3.05, 3.63) is 33.2 Å². The summed E-state index contributed by atoms with van der Waals surface area (Å²) in [7, 11) is 1.64. The third-order valence-electron chi connectivity index (χ3n) is 2.74. The lowest BCUT2D eigenvalue weighted by atomic mass is 10.4. The second-order valence-electron chi connectivity index (χ2n) is 4.33. The summed E-state index contributed by atoms with van der Waals surface area (Å²) in [6.07, 6.45) is 4.16. The fourth-order valence-electron chi connectivity index (χ4n) is 1.70. The van der Waals surface area contributed by atoms with Gasteiger partial charge in [-0.1, -0.05) is 11.8 Å². The molecule has 7 nitrogen and oxygen atoms in total. The Bertz CT molecular complexity index is 627. The van der Waals surface area contributed by atoms with Crippen LogP contribution < -0.4 is 5.69 Å². The first kappa shape index (κ1) is 16.2. The molecule has 0 aliphatic rings. The molecule has 1 atom stereocenters. The normalized spacial score (nSPS) is 12.5. The van der Waals surface area contributed by atoms with Gasteiger partial charge < -0.3 is 4.74 Å². The highest BCUT2D eigenvalue weighted by atomic mass is 79.9. The second-order valence-corrected chi connectivity index (χ2v) is 6.55. The van der Waals surface area contributed by atoms with E-state index in [0.717, 1.165) is 10.9 Å².